The van der Waals surface area contributed by atoms with E-state index in [4.69, 9.17) is 18.9 Å². The third-order valence-electron chi connectivity index (χ3n) is 4.27. The molecule has 1 heterocycles. The van der Waals surface area contributed by atoms with Crippen LogP contribution in [-0.2, 0) is 9.53 Å². The van der Waals surface area contributed by atoms with Crippen molar-refractivity contribution in [3.63, 3.8) is 0 Å². The molecule has 160 valence electrons. The van der Waals surface area contributed by atoms with Gasteiger partial charge in [0.25, 0.3) is 0 Å². The number of nitrogens with zero attached hydrogens (tertiary/aromatic N) is 2. The van der Waals surface area contributed by atoms with Crippen molar-refractivity contribution in [1.29, 1.82) is 5.26 Å². The number of methoxy groups -OCH3 is 2. The molecule has 1 aromatic heterocycles. The van der Waals surface area contributed by atoms with E-state index in [1.54, 1.807) is 38.3 Å². The molecule has 3 rings (SSSR count). The Morgan fingerprint density at radius 2 is 2.06 bits per heavy atom. The molecule has 0 spiro atoms. The molecule has 0 saturated carbocycles. The highest BCUT2D eigenvalue weighted by Crippen LogP contribution is 2.37. The summed E-state index contributed by atoms with van der Waals surface area (Å²) in [6.07, 6.45) is 1.68. The van der Waals surface area contributed by atoms with E-state index in [2.05, 4.69) is 32.0 Å². The summed E-state index contributed by atoms with van der Waals surface area (Å²) in [4.78, 5) is 19.2. The normalized spacial score (nSPS) is 11.1. The third kappa shape index (κ3) is 5.16. The highest BCUT2D eigenvalue weighted by molar-refractivity contribution is 9.10. The maximum absolute atomic E-state index is 11.6. The summed E-state index contributed by atoms with van der Waals surface area (Å²) < 4.78 is 21.6. The minimum Gasteiger partial charge on any atom is -0.497 e. The first-order valence-electron chi connectivity index (χ1n) is 9.31. The van der Waals surface area contributed by atoms with E-state index < -0.39 is 5.97 Å². The minimum atomic E-state index is -0.478. The number of nitrogens with one attached hydrogen (secondary N) is 1. The van der Waals surface area contributed by atoms with Gasteiger partial charge in [-0.15, -0.1) is 0 Å². The molecule has 0 aliphatic carbocycles. The van der Waals surface area contributed by atoms with E-state index in [0.29, 0.717) is 38.7 Å². The lowest BCUT2D eigenvalue weighted by molar-refractivity contribution is -0.145. The molecule has 0 radical (unpaired) electrons. The molecule has 0 aliphatic heterocycles. The van der Waals surface area contributed by atoms with Crippen LogP contribution in [0.2, 0.25) is 0 Å². The maximum atomic E-state index is 11.6. The second-order valence-corrected chi connectivity index (χ2v) is 7.12. The lowest BCUT2D eigenvalue weighted by atomic mass is 10.1. The van der Waals surface area contributed by atoms with Crippen LogP contribution < -0.4 is 14.2 Å². The summed E-state index contributed by atoms with van der Waals surface area (Å²) in [6.45, 7) is 1.75. The molecule has 0 aliphatic rings. The molecule has 0 bridgehead atoms. The van der Waals surface area contributed by atoms with Crippen LogP contribution in [0.1, 0.15) is 18.3 Å². The van der Waals surface area contributed by atoms with Crippen LogP contribution in [0.25, 0.3) is 22.7 Å². The van der Waals surface area contributed by atoms with Gasteiger partial charge in [-0.05, 0) is 58.8 Å². The van der Waals surface area contributed by atoms with Gasteiger partial charge >= 0.3 is 5.97 Å². The number of hydrogen-bond donors (Lipinski definition) is 1. The van der Waals surface area contributed by atoms with Gasteiger partial charge in [-0.3, -0.25) is 0 Å². The topological polar surface area (TPSA) is 106 Å². The Hall–Kier alpha value is -3.51. The lowest BCUT2D eigenvalue weighted by Crippen LogP contribution is -2.15. The molecule has 0 atom stereocenters. The number of halogens is 1. The van der Waals surface area contributed by atoms with Crippen molar-refractivity contribution in [3.05, 3.63) is 46.2 Å². The standard InChI is InChI=1S/C22H20BrN3O5/c1-4-30-20(27)12-31-21-16(23)8-13(9-19(21)29-3)7-14(11-24)22-25-17-6-5-15(28-2)10-18(17)26-22/h5-10H,4,12H2,1-3H3,(H,25,26)/b14-7-. The van der Waals surface area contributed by atoms with E-state index in [1.165, 1.54) is 7.11 Å². The highest BCUT2D eigenvalue weighted by atomic mass is 79.9. The summed E-state index contributed by atoms with van der Waals surface area (Å²) in [5, 5.41) is 9.69. The van der Waals surface area contributed by atoms with E-state index >= 15 is 0 Å². The van der Waals surface area contributed by atoms with E-state index in [0.717, 1.165) is 11.0 Å². The number of imidazole rings is 1. The van der Waals surface area contributed by atoms with E-state index in [9.17, 15) is 10.1 Å². The van der Waals surface area contributed by atoms with Crippen molar-refractivity contribution in [1.82, 2.24) is 9.97 Å². The molecule has 0 amide bonds. The Labute approximate surface area is 187 Å². The fourth-order valence-corrected chi connectivity index (χ4v) is 3.43. The predicted octanol–water partition coefficient (Wildman–Crippen LogP) is 4.35. The highest BCUT2D eigenvalue weighted by Gasteiger charge is 2.15. The largest absolute Gasteiger partial charge is 0.497 e. The van der Waals surface area contributed by atoms with Gasteiger partial charge < -0.3 is 23.9 Å². The van der Waals surface area contributed by atoms with Gasteiger partial charge in [0.1, 0.15) is 17.6 Å². The average molecular weight is 486 g/mol. The first kappa shape index (κ1) is 22.2. The van der Waals surface area contributed by atoms with E-state index in [-0.39, 0.29) is 13.2 Å². The number of carbonyl (C=O) groups is 1. The van der Waals surface area contributed by atoms with Gasteiger partial charge in [0.15, 0.2) is 18.1 Å². The molecule has 9 heteroatoms. The van der Waals surface area contributed by atoms with Crippen LogP contribution in [0.4, 0.5) is 0 Å². The monoisotopic (exact) mass is 485 g/mol. The van der Waals surface area contributed by atoms with Gasteiger partial charge in [0.05, 0.1) is 41.9 Å². The summed E-state index contributed by atoms with van der Waals surface area (Å²) in [6, 6.07) is 11.1. The Balaban J connectivity index is 1.93. The quantitative estimate of drug-likeness (QED) is 0.373. The van der Waals surface area contributed by atoms with Gasteiger partial charge in [0.2, 0.25) is 0 Å². The van der Waals surface area contributed by atoms with Gasteiger partial charge in [-0.25, -0.2) is 9.78 Å². The Kier molecular flexibility index (Phi) is 7.15. The molecule has 0 fully saturated rings. The summed E-state index contributed by atoms with van der Waals surface area (Å²) in [7, 11) is 3.08. The van der Waals surface area contributed by atoms with Crippen molar-refractivity contribution >= 4 is 44.6 Å². The number of aromatic nitrogens is 2. The minimum absolute atomic E-state index is 0.246. The zero-order valence-electron chi connectivity index (χ0n) is 17.2. The molecule has 8 nitrogen and oxygen atoms in total. The number of aromatic amines is 1. The van der Waals surface area contributed by atoms with Gasteiger partial charge in [0, 0.05) is 6.07 Å². The molecular formula is C22H20BrN3O5. The number of allylic oxidation sites excluding steroid dienone is 1. The Bertz CT molecular complexity index is 1180. The number of hydrogen-bond acceptors (Lipinski definition) is 7. The van der Waals surface area contributed by atoms with Crippen molar-refractivity contribution in [3.8, 4) is 23.3 Å². The van der Waals surface area contributed by atoms with Gasteiger partial charge in [-0.1, -0.05) is 0 Å². The predicted molar refractivity (Wildman–Crippen MR) is 119 cm³/mol. The summed E-state index contributed by atoms with van der Waals surface area (Å²) in [5.41, 5.74) is 2.50. The first-order chi connectivity index (χ1) is 15.0. The van der Waals surface area contributed by atoms with Crippen LogP contribution in [0.3, 0.4) is 0 Å². The first-order valence-corrected chi connectivity index (χ1v) is 10.1. The average Bonchev–Trinajstić information content (AvgIpc) is 3.19. The summed E-state index contributed by atoms with van der Waals surface area (Å²) >= 11 is 3.43. The van der Waals surface area contributed by atoms with Crippen molar-refractivity contribution in [2.45, 2.75) is 6.92 Å². The lowest BCUT2D eigenvalue weighted by Gasteiger charge is -2.13. The fourth-order valence-electron chi connectivity index (χ4n) is 2.86. The number of carbonyl (C=O) groups excluding carboxylic acids is 1. The second-order valence-electron chi connectivity index (χ2n) is 6.27. The Morgan fingerprint density at radius 1 is 1.26 bits per heavy atom. The third-order valence-corrected chi connectivity index (χ3v) is 4.86. The van der Waals surface area contributed by atoms with Crippen LogP contribution in [-0.4, -0.2) is 43.4 Å². The number of ether oxygens (including phenoxy) is 4. The zero-order valence-corrected chi connectivity index (χ0v) is 18.8. The smallest absolute Gasteiger partial charge is 0.344 e. The second kappa shape index (κ2) is 10.00. The molecular weight excluding hydrogens is 466 g/mol. The number of nitriles is 1. The van der Waals surface area contributed by atoms with Crippen LogP contribution in [0.15, 0.2) is 34.8 Å². The number of fused-ring (bicyclic) bond motifs is 1. The number of esters is 1. The zero-order chi connectivity index (χ0) is 22.4. The summed E-state index contributed by atoms with van der Waals surface area (Å²) in [5.74, 6) is 1.41. The number of benzene rings is 2. The fraction of sp³-hybridized carbons (Fsp3) is 0.227. The van der Waals surface area contributed by atoms with Crippen LogP contribution in [0.5, 0.6) is 17.2 Å². The number of H-pyrrole nitrogens is 1. The van der Waals surface area contributed by atoms with Crippen molar-refractivity contribution in [2.75, 3.05) is 27.4 Å². The van der Waals surface area contributed by atoms with Gasteiger partial charge in [-0.2, -0.15) is 5.26 Å². The molecule has 2 aromatic carbocycles. The Morgan fingerprint density at radius 3 is 2.74 bits per heavy atom. The molecule has 31 heavy (non-hydrogen) atoms. The molecule has 0 unspecified atom stereocenters. The molecule has 3 aromatic rings. The molecule has 1 N–H and O–H groups in total. The van der Waals surface area contributed by atoms with Crippen molar-refractivity contribution < 1.29 is 23.7 Å². The number of rotatable bonds is 8. The van der Waals surface area contributed by atoms with Crippen LogP contribution in [0, 0.1) is 11.3 Å². The maximum Gasteiger partial charge on any atom is 0.344 e. The van der Waals surface area contributed by atoms with E-state index in [1.807, 2.05) is 12.1 Å². The SMILES string of the molecule is CCOC(=O)COc1c(Br)cc(/C=C(/C#N)c2nc3ccc(OC)cc3[nH]2)cc1OC. The van der Waals surface area contributed by atoms with Crippen molar-refractivity contribution in [2.24, 2.45) is 0 Å². The molecule has 0 saturated heterocycles. The van der Waals surface area contributed by atoms with Crippen LogP contribution >= 0.6 is 15.9 Å².